The van der Waals surface area contributed by atoms with Crippen LogP contribution in [0.25, 0.3) is 10.9 Å². The zero-order valence-electron chi connectivity index (χ0n) is 10.2. The molecule has 0 fully saturated rings. The van der Waals surface area contributed by atoms with Gasteiger partial charge < -0.3 is 4.57 Å². The van der Waals surface area contributed by atoms with Crippen molar-refractivity contribution in [3.05, 3.63) is 53.4 Å². The molecular weight excluding hydrogens is 246 g/mol. The summed E-state index contributed by atoms with van der Waals surface area (Å²) < 4.78 is 4.06. The van der Waals surface area contributed by atoms with Crippen LogP contribution in [0.3, 0.4) is 0 Å². The van der Waals surface area contributed by atoms with E-state index in [1.54, 1.807) is 0 Å². The van der Waals surface area contributed by atoms with Crippen molar-refractivity contribution in [1.82, 2.24) is 14.3 Å². The minimum absolute atomic E-state index is 0.813. The Labute approximate surface area is 111 Å². The molecule has 0 saturated heterocycles. The van der Waals surface area contributed by atoms with Crippen LogP contribution in [0, 0.1) is 0 Å². The normalized spacial score (nSPS) is 11.2. The van der Waals surface area contributed by atoms with Gasteiger partial charge in [-0.15, -0.1) is 0 Å². The number of rotatable bonds is 3. The number of aromatic nitrogens is 3. The second-order valence-electron chi connectivity index (χ2n) is 4.45. The molecule has 2 heterocycles. The van der Waals surface area contributed by atoms with Gasteiger partial charge in [0.15, 0.2) is 0 Å². The van der Waals surface area contributed by atoms with E-state index >= 15 is 0 Å². The largest absolute Gasteiger partial charge is 0.347 e. The molecule has 0 N–H and O–H groups in total. The number of hydrogen-bond acceptors (Lipinski definition) is 1. The van der Waals surface area contributed by atoms with Crippen LogP contribution in [0.1, 0.15) is 5.56 Å². The van der Waals surface area contributed by atoms with E-state index in [2.05, 4.69) is 34.2 Å². The van der Waals surface area contributed by atoms with Crippen molar-refractivity contribution in [2.75, 3.05) is 0 Å². The zero-order valence-corrected chi connectivity index (χ0v) is 10.9. The van der Waals surface area contributed by atoms with E-state index in [1.807, 2.05) is 30.1 Å². The van der Waals surface area contributed by atoms with Gasteiger partial charge in [-0.25, -0.2) is 0 Å². The highest BCUT2D eigenvalue weighted by molar-refractivity contribution is 6.35. The van der Waals surface area contributed by atoms with Gasteiger partial charge in [0.25, 0.3) is 0 Å². The third kappa shape index (κ3) is 2.02. The second-order valence-corrected chi connectivity index (χ2v) is 4.86. The van der Waals surface area contributed by atoms with Gasteiger partial charge in [-0.3, -0.25) is 4.68 Å². The maximum Gasteiger partial charge on any atom is 0.0522 e. The first-order valence-corrected chi connectivity index (χ1v) is 6.33. The van der Waals surface area contributed by atoms with E-state index in [0.717, 1.165) is 23.4 Å². The zero-order chi connectivity index (χ0) is 12.5. The molecule has 0 spiro atoms. The summed E-state index contributed by atoms with van der Waals surface area (Å²) in [5.74, 6) is 0. The molecule has 0 bridgehead atoms. The summed E-state index contributed by atoms with van der Waals surface area (Å²) in [5, 5.41) is 6.11. The number of nitrogens with zero attached hydrogens (tertiary/aromatic N) is 3. The van der Waals surface area contributed by atoms with Crippen LogP contribution in [0.15, 0.2) is 42.9 Å². The molecule has 18 heavy (non-hydrogen) atoms. The average molecular weight is 260 g/mol. The Morgan fingerprint density at radius 2 is 2.17 bits per heavy atom. The van der Waals surface area contributed by atoms with E-state index in [9.17, 15) is 0 Å². The van der Waals surface area contributed by atoms with Crippen LogP contribution in [-0.4, -0.2) is 14.3 Å². The molecule has 1 aromatic carbocycles. The lowest BCUT2D eigenvalue weighted by Gasteiger charge is -2.04. The fraction of sp³-hybridized carbons (Fsp3) is 0.214. The summed E-state index contributed by atoms with van der Waals surface area (Å²) in [4.78, 5) is 0. The fourth-order valence-electron chi connectivity index (χ4n) is 2.23. The Hall–Kier alpha value is -1.74. The van der Waals surface area contributed by atoms with Crippen molar-refractivity contribution in [2.45, 2.75) is 13.0 Å². The van der Waals surface area contributed by atoms with Crippen LogP contribution < -0.4 is 0 Å². The molecule has 0 atom stereocenters. The van der Waals surface area contributed by atoms with Gasteiger partial charge in [-0.05, 0) is 30.2 Å². The lowest BCUT2D eigenvalue weighted by atomic mass is 10.2. The van der Waals surface area contributed by atoms with Crippen LogP contribution in [0.4, 0.5) is 0 Å². The molecule has 3 aromatic rings. The van der Waals surface area contributed by atoms with Crippen LogP contribution in [0.2, 0.25) is 5.02 Å². The Kier molecular flexibility index (Phi) is 2.84. The standard InChI is InChI=1S/C14H14ClN3/c1-17-10-11(9-16-17)5-7-18-8-6-12-13(15)3-2-4-14(12)18/h2-4,6,8-10H,5,7H2,1H3. The molecule has 3 nitrogen and oxygen atoms in total. The Bertz CT molecular complexity index is 681. The number of hydrogen-bond donors (Lipinski definition) is 0. The van der Waals surface area contributed by atoms with Crippen LogP contribution in [-0.2, 0) is 20.0 Å². The smallest absolute Gasteiger partial charge is 0.0522 e. The first-order chi connectivity index (χ1) is 8.74. The highest BCUT2D eigenvalue weighted by Gasteiger charge is 2.04. The van der Waals surface area contributed by atoms with Gasteiger partial charge in [0, 0.05) is 41.9 Å². The van der Waals surface area contributed by atoms with Crippen molar-refractivity contribution in [2.24, 2.45) is 7.05 Å². The summed E-state index contributed by atoms with van der Waals surface area (Å²) in [7, 11) is 1.94. The summed E-state index contributed by atoms with van der Waals surface area (Å²) in [5.41, 5.74) is 2.44. The fourth-order valence-corrected chi connectivity index (χ4v) is 2.46. The summed E-state index contributed by atoms with van der Waals surface area (Å²) >= 11 is 6.16. The number of aryl methyl sites for hydroxylation is 3. The van der Waals surface area contributed by atoms with Crippen molar-refractivity contribution in [3.8, 4) is 0 Å². The number of fused-ring (bicyclic) bond motifs is 1. The van der Waals surface area contributed by atoms with E-state index in [4.69, 9.17) is 11.6 Å². The predicted molar refractivity (Wildman–Crippen MR) is 73.9 cm³/mol. The maximum absolute atomic E-state index is 6.16. The summed E-state index contributed by atoms with van der Waals surface area (Å²) in [6, 6.07) is 8.09. The second kappa shape index (κ2) is 4.50. The molecule has 92 valence electrons. The van der Waals surface area contributed by atoms with Gasteiger partial charge in [0.1, 0.15) is 0 Å². The van der Waals surface area contributed by atoms with Crippen LogP contribution >= 0.6 is 11.6 Å². The third-order valence-corrected chi connectivity index (χ3v) is 3.49. The van der Waals surface area contributed by atoms with E-state index in [0.29, 0.717) is 0 Å². The molecule has 0 aliphatic heterocycles. The Morgan fingerprint density at radius 1 is 1.28 bits per heavy atom. The van der Waals surface area contributed by atoms with Crippen molar-refractivity contribution < 1.29 is 0 Å². The molecule has 2 aromatic heterocycles. The minimum atomic E-state index is 0.813. The summed E-state index contributed by atoms with van der Waals surface area (Å²) in [6.07, 6.45) is 7.04. The van der Waals surface area contributed by atoms with Gasteiger partial charge in [0.2, 0.25) is 0 Å². The molecule has 0 unspecified atom stereocenters. The molecule has 0 amide bonds. The van der Waals surface area contributed by atoms with Crippen molar-refractivity contribution in [1.29, 1.82) is 0 Å². The molecule has 0 saturated carbocycles. The van der Waals surface area contributed by atoms with E-state index < -0.39 is 0 Å². The quantitative estimate of drug-likeness (QED) is 0.708. The van der Waals surface area contributed by atoms with Gasteiger partial charge in [-0.1, -0.05) is 17.7 Å². The average Bonchev–Trinajstić information content (AvgIpc) is 2.94. The molecular formula is C14H14ClN3. The minimum Gasteiger partial charge on any atom is -0.347 e. The summed E-state index contributed by atoms with van der Waals surface area (Å²) in [6.45, 7) is 0.940. The van der Waals surface area contributed by atoms with Gasteiger partial charge in [0.05, 0.1) is 6.20 Å². The predicted octanol–water partition coefficient (Wildman–Crippen LogP) is 3.27. The molecule has 0 aliphatic carbocycles. The topological polar surface area (TPSA) is 22.8 Å². The van der Waals surface area contributed by atoms with Gasteiger partial charge >= 0.3 is 0 Å². The van der Waals surface area contributed by atoms with Crippen LogP contribution in [0.5, 0.6) is 0 Å². The highest BCUT2D eigenvalue weighted by Crippen LogP contribution is 2.24. The number of halogens is 1. The molecule has 0 radical (unpaired) electrons. The SMILES string of the molecule is Cn1cc(CCn2ccc3c(Cl)cccc32)cn1. The van der Waals surface area contributed by atoms with Gasteiger partial charge in [-0.2, -0.15) is 5.10 Å². The third-order valence-electron chi connectivity index (χ3n) is 3.16. The molecule has 0 aliphatic rings. The number of benzene rings is 1. The Morgan fingerprint density at radius 3 is 2.94 bits per heavy atom. The van der Waals surface area contributed by atoms with Crippen molar-refractivity contribution in [3.63, 3.8) is 0 Å². The van der Waals surface area contributed by atoms with E-state index in [1.165, 1.54) is 11.1 Å². The first kappa shape index (κ1) is 11.4. The lowest BCUT2D eigenvalue weighted by Crippen LogP contribution is -1.99. The Balaban J connectivity index is 1.85. The molecule has 4 heteroatoms. The molecule has 3 rings (SSSR count). The maximum atomic E-state index is 6.16. The van der Waals surface area contributed by atoms with Crippen molar-refractivity contribution >= 4 is 22.5 Å². The highest BCUT2D eigenvalue weighted by atomic mass is 35.5. The first-order valence-electron chi connectivity index (χ1n) is 5.95. The van der Waals surface area contributed by atoms with E-state index in [-0.39, 0.29) is 0 Å². The monoisotopic (exact) mass is 259 g/mol. The lowest BCUT2D eigenvalue weighted by molar-refractivity contribution is 0.720.